The molecule has 1 aliphatic carbocycles. The van der Waals surface area contributed by atoms with Crippen molar-refractivity contribution in [3.05, 3.63) is 51.4 Å². The molecule has 5 nitrogen and oxygen atoms in total. The second kappa shape index (κ2) is 10.1. The van der Waals surface area contributed by atoms with E-state index in [1.807, 2.05) is 6.92 Å². The summed E-state index contributed by atoms with van der Waals surface area (Å²) in [5.74, 6) is -0.227. The number of nitrogens with zero attached hydrogens (tertiary/aromatic N) is 2. The molecule has 0 unspecified atom stereocenters. The van der Waals surface area contributed by atoms with Crippen molar-refractivity contribution in [2.75, 3.05) is 38.1 Å². The van der Waals surface area contributed by atoms with Crippen molar-refractivity contribution in [3.63, 3.8) is 0 Å². The monoisotopic (exact) mass is 457 g/mol. The molecule has 31 heavy (non-hydrogen) atoms. The predicted octanol–water partition coefficient (Wildman–Crippen LogP) is 4.63. The van der Waals surface area contributed by atoms with E-state index < -0.39 is 0 Å². The Morgan fingerprint density at radius 3 is 2.55 bits per heavy atom. The predicted molar refractivity (Wildman–Crippen MR) is 131 cm³/mol. The topological polar surface area (TPSA) is 44.8 Å². The fourth-order valence-electron chi connectivity index (χ4n) is 4.31. The van der Waals surface area contributed by atoms with Crippen LogP contribution in [0.2, 0.25) is 0 Å². The Morgan fingerprint density at radius 1 is 1.13 bits per heavy atom. The lowest BCUT2D eigenvalue weighted by Crippen LogP contribution is -2.49. The number of ether oxygens (including phenoxy) is 1. The average molecular weight is 458 g/mol. The van der Waals surface area contributed by atoms with Gasteiger partial charge in [0.2, 0.25) is 0 Å². The molecular weight excluding hydrogens is 426 g/mol. The minimum atomic E-state index is -0.227. The van der Waals surface area contributed by atoms with Gasteiger partial charge in [-0.2, -0.15) is 0 Å². The van der Waals surface area contributed by atoms with E-state index in [4.69, 9.17) is 17.0 Å². The third kappa shape index (κ3) is 5.27. The molecule has 1 N–H and O–H groups in total. The van der Waals surface area contributed by atoms with Crippen LogP contribution in [0.5, 0.6) is 0 Å². The van der Waals surface area contributed by atoms with Crippen molar-refractivity contribution in [2.45, 2.75) is 46.1 Å². The first-order chi connectivity index (χ1) is 15.0. The molecule has 2 aromatic rings. The van der Waals surface area contributed by atoms with E-state index in [1.165, 1.54) is 28.0 Å². The SMILES string of the molecule is CCOC(=O)c1c(NC(=S)N2CCN(Cc3ccc(C)cc3)CC2)sc2c1CCCC2. The fraction of sp³-hybridized carbons (Fsp3) is 0.500. The number of hydrogen-bond acceptors (Lipinski definition) is 5. The zero-order valence-electron chi connectivity index (χ0n) is 18.4. The Morgan fingerprint density at radius 2 is 1.84 bits per heavy atom. The largest absolute Gasteiger partial charge is 0.462 e. The lowest BCUT2D eigenvalue weighted by Gasteiger charge is -2.36. The quantitative estimate of drug-likeness (QED) is 0.522. The number of fused-ring (bicyclic) bond motifs is 1. The van der Waals surface area contributed by atoms with Crippen molar-refractivity contribution in [1.82, 2.24) is 9.80 Å². The van der Waals surface area contributed by atoms with Gasteiger partial charge in [-0.3, -0.25) is 4.90 Å². The zero-order valence-corrected chi connectivity index (χ0v) is 20.0. The van der Waals surface area contributed by atoms with Gasteiger partial charge >= 0.3 is 5.97 Å². The number of piperazine rings is 1. The summed E-state index contributed by atoms with van der Waals surface area (Å²) in [6.07, 6.45) is 4.30. The summed E-state index contributed by atoms with van der Waals surface area (Å²) in [5.41, 5.74) is 4.52. The number of thiophene rings is 1. The standard InChI is InChI=1S/C24H31N3O2S2/c1-3-29-23(28)21-19-6-4-5-7-20(19)31-22(21)25-24(30)27-14-12-26(13-15-27)16-18-10-8-17(2)9-11-18/h8-11H,3-7,12-16H2,1-2H3,(H,25,30). The number of thiocarbonyl (C=S) groups is 1. The average Bonchev–Trinajstić information content (AvgIpc) is 3.14. The Kier molecular flexibility index (Phi) is 7.25. The summed E-state index contributed by atoms with van der Waals surface area (Å²) in [6.45, 7) is 9.05. The minimum Gasteiger partial charge on any atom is -0.462 e. The Bertz CT molecular complexity index is 931. The van der Waals surface area contributed by atoms with Crippen molar-refractivity contribution in [2.24, 2.45) is 0 Å². The molecule has 0 bridgehead atoms. The van der Waals surface area contributed by atoms with Crippen molar-refractivity contribution in [1.29, 1.82) is 0 Å². The highest BCUT2D eigenvalue weighted by atomic mass is 32.1. The molecule has 1 aromatic heterocycles. The Balaban J connectivity index is 1.38. The Hall–Kier alpha value is -1.96. The number of anilines is 1. The van der Waals surface area contributed by atoms with E-state index in [1.54, 1.807) is 11.3 Å². The maximum absolute atomic E-state index is 12.7. The van der Waals surface area contributed by atoms with E-state index in [0.29, 0.717) is 17.3 Å². The highest BCUT2D eigenvalue weighted by molar-refractivity contribution is 7.80. The maximum Gasteiger partial charge on any atom is 0.341 e. The molecule has 0 radical (unpaired) electrons. The number of carbonyl (C=O) groups excluding carboxylic acids is 1. The van der Waals surface area contributed by atoms with Crippen molar-refractivity contribution >= 4 is 39.6 Å². The highest BCUT2D eigenvalue weighted by Gasteiger charge is 2.28. The smallest absolute Gasteiger partial charge is 0.341 e. The van der Waals surface area contributed by atoms with Crippen molar-refractivity contribution < 1.29 is 9.53 Å². The van der Waals surface area contributed by atoms with Gasteiger partial charge in [0.05, 0.1) is 12.2 Å². The lowest BCUT2D eigenvalue weighted by atomic mass is 9.95. The molecule has 0 spiro atoms. The van der Waals surface area contributed by atoms with Gasteiger partial charge in [-0.25, -0.2) is 4.79 Å². The maximum atomic E-state index is 12.7. The van der Waals surface area contributed by atoms with Crippen LogP contribution in [0, 0.1) is 6.92 Å². The molecule has 0 saturated carbocycles. The van der Waals surface area contributed by atoms with E-state index >= 15 is 0 Å². The summed E-state index contributed by atoms with van der Waals surface area (Å²) in [7, 11) is 0. The third-order valence-corrected chi connectivity index (χ3v) is 7.63. The van der Waals surface area contributed by atoms with Crippen LogP contribution < -0.4 is 5.32 Å². The molecule has 1 aromatic carbocycles. The van der Waals surface area contributed by atoms with Crippen LogP contribution in [0.25, 0.3) is 0 Å². The number of carbonyl (C=O) groups is 1. The normalized spacial score (nSPS) is 16.6. The number of rotatable bonds is 5. The summed E-state index contributed by atoms with van der Waals surface area (Å²) < 4.78 is 5.36. The molecule has 0 amide bonds. The van der Waals surface area contributed by atoms with Crippen LogP contribution in [0.3, 0.4) is 0 Å². The van der Waals surface area contributed by atoms with E-state index in [2.05, 4.69) is 46.3 Å². The molecule has 0 atom stereocenters. The number of nitrogens with one attached hydrogen (secondary N) is 1. The molecule has 1 fully saturated rings. The number of benzene rings is 1. The van der Waals surface area contributed by atoms with Gasteiger partial charge in [0.25, 0.3) is 0 Å². The van der Waals surface area contributed by atoms with Crippen LogP contribution in [0.15, 0.2) is 24.3 Å². The first-order valence-corrected chi connectivity index (χ1v) is 12.4. The van der Waals surface area contributed by atoms with Crippen LogP contribution >= 0.6 is 23.6 Å². The number of hydrogen-bond donors (Lipinski definition) is 1. The molecule has 2 heterocycles. The second-order valence-corrected chi connectivity index (χ2v) is 9.81. The summed E-state index contributed by atoms with van der Waals surface area (Å²) in [5, 5.41) is 4.97. The molecule has 166 valence electrons. The van der Waals surface area contributed by atoms with Gasteiger partial charge in [-0.1, -0.05) is 29.8 Å². The minimum absolute atomic E-state index is 0.227. The first-order valence-electron chi connectivity index (χ1n) is 11.2. The highest BCUT2D eigenvalue weighted by Crippen LogP contribution is 2.38. The number of esters is 1. The van der Waals surface area contributed by atoms with E-state index in [9.17, 15) is 4.79 Å². The lowest BCUT2D eigenvalue weighted by molar-refractivity contribution is 0.0526. The summed E-state index contributed by atoms with van der Waals surface area (Å²) >= 11 is 7.42. The molecule has 1 aliphatic heterocycles. The summed E-state index contributed by atoms with van der Waals surface area (Å²) in [6, 6.07) is 8.77. The Labute approximate surface area is 194 Å². The molecule has 7 heteroatoms. The fourth-order valence-corrected chi connectivity index (χ4v) is 5.94. The van der Waals surface area contributed by atoms with Crippen LogP contribution in [0.1, 0.15) is 51.7 Å². The van der Waals surface area contributed by atoms with Crippen molar-refractivity contribution in [3.8, 4) is 0 Å². The van der Waals surface area contributed by atoms with Crippen LogP contribution in [-0.2, 0) is 24.1 Å². The molecule has 4 rings (SSSR count). The number of aryl methyl sites for hydroxylation is 2. The van der Waals surface area contributed by atoms with Gasteiger partial charge in [0.15, 0.2) is 5.11 Å². The van der Waals surface area contributed by atoms with Gasteiger partial charge in [-0.05, 0) is 62.9 Å². The van der Waals surface area contributed by atoms with Gasteiger partial charge in [0.1, 0.15) is 5.00 Å². The van der Waals surface area contributed by atoms with E-state index in [0.717, 1.165) is 57.0 Å². The van der Waals surface area contributed by atoms with Crippen LogP contribution in [-0.4, -0.2) is 53.7 Å². The van der Waals surface area contributed by atoms with Gasteiger partial charge < -0.3 is 15.0 Å². The summed E-state index contributed by atoms with van der Waals surface area (Å²) in [4.78, 5) is 18.7. The molecule has 1 saturated heterocycles. The third-order valence-electron chi connectivity index (χ3n) is 6.06. The molecular formula is C24H31N3O2S2. The van der Waals surface area contributed by atoms with E-state index in [-0.39, 0.29) is 5.97 Å². The first kappa shape index (κ1) is 22.2. The van der Waals surface area contributed by atoms with Crippen LogP contribution in [0.4, 0.5) is 5.00 Å². The van der Waals surface area contributed by atoms with Gasteiger partial charge in [0, 0.05) is 37.6 Å². The van der Waals surface area contributed by atoms with Gasteiger partial charge in [-0.15, -0.1) is 11.3 Å². The zero-order chi connectivity index (χ0) is 21.8. The second-order valence-electron chi connectivity index (χ2n) is 8.31. The molecule has 2 aliphatic rings.